The third kappa shape index (κ3) is 11.7. The van der Waals surface area contributed by atoms with Crippen LogP contribution in [0.2, 0.25) is 18.1 Å². The van der Waals surface area contributed by atoms with Crippen LogP contribution in [-0.4, -0.2) is 112 Å². The van der Waals surface area contributed by atoms with Crippen molar-refractivity contribution in [1.29, 1.82) is 0 Å². The van der Waals surface area contributed by atoms with Crippen LogP contribution in [-0.2, 0) is 61.4 Å². The van der Waals surface area contributed by atoms with E-state index < -0.39 is 105 Å². The molecule has 3 aromatic carbocycles. The molecule has 14 nitrogen and oxygen atoms in total. The molecule has 0 spiro atoms. The highest BCUT2D eigenvalue weighted by Crippen LogP contribution is 2.46. The molecule has 2 unspecified atom stereocenters. The van der Waals surface area contributed by atoms with E-state index >= 15 is 0 Å². The van der Waals surface area contributed by atoms with Crippen LogP contribution in [0.5, 0.6) is 0 Å². The van der Waals surface area contributed by atoms with Gasteiger partial charge in [-0.15, -0.1) is 11.8 Å². The Morgan fingerprint density at radius 3 is 1.77 bits per heavy atom. The lowest BCUT2D eigenvalue weighted by atomic mass is 9.89. The van der Waals surface area contributed by atoms with Gasteiger partial charge >= 0.3 is 17.9 Å². The van der Waals surface area contributed by atoms with Crippen molar-refractivity contribution >= 4 is 38.0 Å². The van der Waals surface area contributed by atoms with Gasteiger partial charge in [-0.05, 0) is 56.3 Å². The fraction of sp³-hybridized carbons (Fsp3) is 0.571. The number of carbonyl (C=O) groups is 3. The van der Waals surface area contributed by atoms with Crippen molar-refractivity contribution in [2.75, 3.05) is 25.6 Å². The highest BCUT2D eigenvalue weighted by molar-refractivity contribution is 7.99. The van der Waals surface area contributed by atoms with Crippen LogP contribution in [0, 0.1) is 5.41 Å². The number of thioether (sulfide) groups is 1. The second kappa shape index (κ2) is 21.1. The largest absolute Gasteiger partial charge is 0.466 e. The standard InChI is InChI=1S/C49H64O14SSi/c1-10-64-46-41(62-47(52)49(6,7)26-27-53-30(2)50)38(36-35(57-46)29-55-43(59-36)32-22-16-12-17-23-32)61-45-40(58-42(51)31-20-14-11-15-21-31)39(63-65(8,9)48(3,4)5)37-34(56-45)28-54-44(60-37)33-24-18-13-19-25-33/h11-25,34-41,43-46H,10,26-29H2,1-9H3/t34-,35-,36-,37-,38+,39+,40-,41-,43?,44?,45+,46-/m1/s1. The first-order valence-corrected chi connectivity index (χ1v) is 26.4. The molecule has 0 radical (unpaired) electrons. The lowest BCUT2D eigenvalue weighted by Crippen LogP contribution is -2.69. The lowest BCUT2D eigenvalue weighted by molar-refractivity contribution is -0.387. The predicted molar refractivity (Wildman–Crippen MR) is 243 cm³/mol. The van der Waals surface area contributed by atoms with Crippen LogP contribution in [0.25, 0.3) is 0 Å². The van der Waals surface area contributed by atoms with Gasteiger partial charge in [-0.1, -0.05) is 107 Å². The number of carbonyl (C=O) groups excluding carboxylic acids is 3. The number of rotatable bonds is 15. The smallest absolute Gasteiger partial charge is 0.338 e. The maximum atomic E-state index is 14.3. The van der Waals surface area contributed by atoms with Crippen LogP contribution < -0.4 is 0 Å². The molecular weight excluding hydrogens is 873 g/mol. The molecule has 7 rings (SSSR count). The molecule has 0 amide bonds. The topological polar surface area (TPSA) is 153 Å². The second-order valence-electron chi connectivity index (χ2n) is 18.9. The molecule has 16 heteroatoms. The molecule has 4 fully saturated rings. The van der Waals surface area contributed by atoms with Crippen LogP contribution in [0.4, 0.5) is 0 Å². The van der Waals surface area contributed by atoms with Crippen molar-refractivity contribution in [2.24, 2.45) is 5.41 Å². The third-order valence-electron chi connectivity index (χ3n) is 12.7. The maximum Gasteiger partial charge on any atom is 0.338 e. The lowest BCUT2D eigenvalue weighted by Gasteiger charge is -2.54. The van der Waals surface area contributed by atoms with Gasteiger partial charge in [0.15, 0.2) is 39.4 Å². The Hall–Kier alpha value is -3.68. The third-order valence-corrected chi connectivity index (χ3v) is 18.2. The van der Waals surface area contributed by atoms with Gasteiger partial charge in [0.2, 0.25) is 0 Å². The summed E-state index contributed by atoms with van der Waals surface area (Å²) in [6.07, 6.45) is -10.0. The highest BCUT2D eigenvalue weighted by atomic mass is 32.2. The van der Waals surface area contributed by atoms with E-state index in [-0.39, 0.29) is 31.3 Å². The summed E-state index contributed by atoms with van der Waals surface area (Å²) >= 11 is 1.44. The van der Waals surface area contributed by atoms with E-state index in [4.69, 9.17) is 51.8 Å². The van der Waals surface area contributed by atoms with E-state index in [9.17, 15) is 14.4 Å². The van der Waals surface area contributed by atoms with Crippen LogP contribution >= 0.6 is 11.8 Å². The van der Waals surface area contributed by atoms with E-state index in [0.717, 1.165) is 11.1 Å². The van der Waals surface area contributed by atoms with E-state index in [1.54, 1.807) is 38.1 Å². The minimum Gasteiger partial charge on any atom is -0.466 e. The first-order valence-electron chi connectivity index (χ1n) is 22.5. The average molecular weight is 937 g/mol. The van der Waals surface area contributed by atoms with Crippen LogP contribution in [0.3, 0.4) is 0 Å². The average Bonchev–Trinajstić information content (AvgIpc) is 3.28. The van der Waals surface area contributed by atoms with Gasteiger partial charge in [-0.25, -0.2) is 4.79 Å². The molecule has 4 saturated heterocycles. The minimum absolute atomic E-state index is 0.0212. The van der Waals surface area contributed by atoms with Crippen molar-refractivity contribution in [3.05, 3.63) is 108 Å². The van der Waals surface area contributed by atoms with Gasteiger partial charge in [-0.2, -0.15) is 0 Å². The van der Waals surface area contributed by atoms with E-state index in [1.165, 1.54) is 18.7 Å². The first kappa shape index (κ1) is 49.2. The maximum absolute atomic E-state index is 14.3. The molecule has 0 aromatic heterocycles. The number of ether oxygens (including phenoxy) is 10. The van der Waals surface area contributed by atoms with Crippen LogP contribution in [0.1, 0.15) is 89.0 Å². The summed E-state index contributed by atoms with van der Waals surface area (Å²) in [5, 5.41) is -0.266. The normalized spacial score (nSPS) is 30.6. The molecule has 0 aliphatic carbocycles. The Morgan fingerprint density at radius 1 is 0.692 bits per heavy atom. The summed E-state index contributed by atoms with van der Waals surface area (Å²) in [6, 6.07) is 27.8. The Labute approximate surface area is 387 Å². The minimum atomic E-state index is -2.68. The Morgan fingerprint density at radius 2 is 1.23 bits per heavy atom. The van der Waals surface area contributed by atoms with Gasteiger partial charge in [0, 0.05) is 18.1 Å². The summed E-state index contributed by atoms with van der Waals surface area (Å²) < 4.78 is 72.6. The Kier molecular flexibility index (Phi) is 16.0. The molecule has 12 atom stereocenters. The zero-order valence-electron chi connectivity index (χ0n) is 38.7. The summed E-state index contributed by atoms with van der Waals surface area (Å²) in [5.74, 6) is -1.02. The van der Waals surface area contributed by atoms with Crippen molar-refractivity contribution < 1.29 is 66.2 Å². The van der Waals surface area contributed by atoms with Gasteiger partial charge in [-0.3, -0.25) is 9.59 Å². The van der Waals surface area contributed by atoms with E-state index in [0.29, 0.717) is 11.3 Å². The summed E-state index contributed by atoms with van der Waals surface area (Å²) in [7, 11) is -2.68. The monoisotopic (exact) mass is 936 g/mol. The summed E-state index contributed by atoms with van der Waals surface area (Å²) in [4.78, 5) is 40.3. The number of benzene rings is 3. The zero-order valence-corrected chi connectivity index (χ0v) is 40.6. The fourth-order valence-corrected chi connectivity index (χ4v) is 10.1. The first-order chi connectivity index (χ1) is 31.0. The molecule has 354 valence electrons. The van der Waals surface area contributed by atoms with Gasteiger partial charge < -0.3 is 51.8 Å². The number of fused-ring (bicyclic) bond motifs is 2. The molecule has 3 aromatic rings. The molecule has 4 heterocycles. The zero-order chi connectivity index (χ0) is 46.5. The summed E-state index contributed by atoms with van der Waals surface area (Å²) in [5.41, 5.74) is 0.0764. The Bertz CT molecular complexity index is 2030. The summed E-state index contributed by atoms with van der Waals surface area (Å²) in [6.45, 7) is 17.7. The highest BCUT2D eigenvalue weighted by Gasteiger charge is 2.59. The van der Waals surface area contributed by atoms with Gasteiger partial charge in [0.25, 0.3) is 0 Å². The van der Waals surface area contributed by atoms with Crippen molar-refractivity contribution in [3.8, 4) is 0 Å². The van der Waals surface area contributed by atoms with E-state index in [1.807, 2.05) is 73.7 Å². The molecule has 4 aliphatic heterocycles. The number of hydrogen-bond acceptors (Lipinski definition) is 15. The Balaban J connectivity index is 1.31. The molecular formula is C49H64O14SSi. The number of hydrogen-bond donors (Lipinski definition) is 0. The van der Waals surface area contributed by atoms with E-state index in [2.05, 4.69) is 33.9 Å². The van der Waals surface area contributed by atoms with Gasteiger partial charge in [0.1, 0.15) is 42.1 Å². The SMILES string of the molecule is CCS[C@H]1O[C@@H]2COC(c3ccccc3)O[C@H]2[C@H](O[C@@H]2O[C@@H]3COC(c4ccccc4)O[C@H]3[C@H](O[Si](C)(C)C(C)(C)C)[C@H]2OC(=O)c2ccccc2)[C@H]1OC(=O)C(C)(C)CCOC(C)=O. The van der Waals surface area contributed by atoms with Crippen molar-refractivity contribution in [2.45, 2.75) is 146 Å². The van der Waals surface area contributed by atoms with Crippen LogP contribution in [0.15, 0.2) is 91.0 Å². The van der Waals surface area contributed by atoms with Crippen molar-refractivity contribution in [3.63, 3.8) is 0 Å². The second-order valence-corrected chi connectivity index (χ2v) is 25.0. The molecule has 0 saturated carbocycles. The molecule has 65 heavy (non-hydrogen) atoms. The van der Waals surface area contributed by atoms with Gasteiger partial charge in [0.05, 0.1) is 30.8 Å². The molecule has 4 aliphatic rings. The fourth-order valence-electron chi connectivity index (χ4n) is 7.87. The number of esters is 3. The molecule has 0 bridgehead atoms. The predicted octanol–water partition coefficient (Wildman–Crippen LogP) is 8.31. The molecule has 0 N–H and O–H groups in total. The quantitative estimate of drug-likeness (QED) is 0.0815. The van der Waals surface area contributed by atoms with Crippen molar-refractivity contribution in [1.82, 2.24) is 0 Å².